The SMILES string of the molecule is CCOC(=O)Cc1c(C#N)cc(CBr)nc1C(F)F. The number of hydrogen-bond acceptors (Lipinski definition) is 4. The number of nitrogens with zero attached hydrogens (tertiary/aromatic N) is 2. The lowest BCUT2D eigenvalue weighted by Crippen LogP contribution is -2.13. The van der Waals surface area contributed by atoms with Crippen molar-refractivity contribution >= 4 is 21.9 Å². The topological polar surface area (TPSA) is 63.0 Å². The lowest BCUT2D eigenvalue weighted by Gasteiger charge is -2.11. The molecule has 0 radical (unpaired) electrons. The fourth-order valence-electron chi connectivity index (χ4n) is 1.54. The summed E-state index contributed by atoms with van der Waals surface area (Å²) in [5.41, 5.74) is -0.269. The van der Waals surface area contributed by atoms with Gasteiger partial charge in [0.1, 0.15) is 5.69 Å². The van der Waals surface area contributed by atoms with E-state index in [2.05, 4.69) is 20.9 Å². The maximum absolute atomic E-state index is 13.0. The predicted octanol–water partition coefficient (Wildman–Crippen LogP) is 2.89. The molecular weight excluding hydrogens is 322 g/mol. The zero-order chi connectivity index (χ0) is 14.4. The van der Waals surface area contributed by atoms with Gasteiger partial charge in [0.2, 0.25) is 0 Å². The first-order valence-electron chi connectivity index (χ1n) is 5.46. The summed E-state index contributed by atoms with van der Waals surface area (Å²) in [6.45, 7) is 1.76. The van der Waals surface area contributed by atoms with E-state index >= 15 is 0 Å². The summed E-state index contributed by atoms with van der Waals surface area (Å²) in [5.74, 6) is -0.658. The Morgan fingerprint density at radius 2 is 2.32 bits per heavy atom. The van der Waals surface area contributed by atoms with Crippen molar-refractivity contribution in [1.82, 2.24) is 4.98 Å². The molecule has 0 bridgehead atoms. The largest absolute Gasteiger partial charge is 0.466 e. The van der Waals surface area contributed by atoms with Crippen molar-refractivity contribution in [3.05, 3.63) is 28.6 Å². The predicted molar refractivity (Wildman–Crippen MR) is 66.9 cm³/mol. The van der Waals surface area contributed by atoms with Crippen LogP contribution in [-0.2, 0) is 21.3 Å². The Morgan fingerprint density at radius 1 is 1.63 bits per heavy atom. The van der Waals surface area contributed by atoms with Gasteiger partial charge in [-0.25, -0.2) is 8.78 Å². The molecule has 0 spiro atoms. The Labute approximate surface area is 117 Å². The third-order valence-electron chi connectivity index (χ3n) is 2.30. The van der Waals surface area contributed by atoms with E-state index in [0.717, 1.165) is 0 Å². The molecule has 7 heteroatoms. The fraction of sp³-hybridized carbons (Fsp3) is 0.417. The smallest absolute Gasteiger partial charge is 0.310 e. The molecule has 1 aromatic rings. The summed E-state index contributed by atoms with van der Waals surface area (Å²) in [5, 5.41) is 9.25. The molecule has 4 nitrogen and oxygen atoms in total. The van der Waals surface area contributed by atoms with Gasteiger partial charge in [-0.05, 0) is 13.0 Å². The van der Waals surface area contributed by atoms with Crippen LogP contribution in [-0.4, -0.2) is 17.6 Å². The van der Waals surface area contributed by atoms with Crippen molar-refractivity contribution < 1.29 is 18.3 Å². The molecule has 0 saturated heterocycles. The minimum Gasteiger partial charge on any atom is -0.466 e. The Hall–Kier alpha value is -1.55. The highest BCUT2D eigenvalue weighted by atomic mass is 79.9. The summed E-state index contributed by atoms with van der Waals surface area (Å²) in [6.07, 6.45) is -3.23. The molecular formula is C12H11BrF2N2O2. The summed E-state index contributed by atoms with van der Waals surface area (Å²) in [6, 6.07) is 3.20. The molecule has 0 atom stereocenters. The van der Waals surface area contributed by atoms with Crippen LogP contribution in [0.3, 0.4) is 0 Å². The number of aromatic nitrogens is 1. The molecule has 1 rings (SSSR count). The molecule has 0 aliphatic rings. The first kappa shape index (κ1) is 15.5. The average Bonchev–Trinajstić information content (AvgIpc) is 2.38. The maximum Gasteiger partial charge on any atom is 0.310 e. The van der Waals surface area contributed by atoms with Gasteiger partial charge in [0.05, 0.1) is 30.4 Å². The van der Waals surface area contributed by atoms with Crippen LogP contribution in [0, 0.1) is 11.3 Å². The third-order valence-corrected chi connectivity index (χ3v) is 2.87. The number of nitriles is 1. The van der Waals surface area contributed by atoms with Crippen LogP contribution in [0.25, 0.3) is 0 Å². The quantitative estimate of drug-likeness (QED) is 0.614. The number of carbonyl (C=O) groups excluding carboxylic acids is 1. The zero-order valence-corrected chi connectivity index (χ0v) is 11.7. The number of esters is 1. The van der Waals surface area contributed by atoms with Gasteiger partial charge in [-0.3, -0.25) is 9.78 Å². The lowest BCUT2D eigenvalue weighted by molar-refractivity contribution is -0.142. The number of ether oxygens (including phenoxy) is 1. The van der Waals surface area contributed by atoms with E-state index in [4.69, 9.17) is 10.00 Å². The van der Waals surface area contributed by atoms with E-state index in [1.165, 1.54) is 6.07 Å². The van der Waals surface area contributed by atoms with E-state index in [1.54, 1.807) is 6.92 Å². The van der Waals surface area contributed by atoms with Gasteiger partial charge in [0.25, 0.3) is 6.43 Å². The Morgan fingerprint density at radius 3 is 2.79 bits per heavy atom. The van der Waals surface area contributed by atoms with Crippen LogP contribution in [0.15, 0.2) is 6.07 Å². The molecule has 1 heterocycles. The van der Waals surface area contributed by atoms with Gasteiger partial charge in [-0.15, -0.1) is 0 Å². The molecule has 0 aliphatic carbocycles. The zero-order valence-electron chi connectivity index (χ0n) is 10.1. The third kappa shape index (κ3) is 3.96. The van der Waals surface area contributed by atoms with Crippen LogP contribution in [0.5, 0.6) is 0 Å². The van der Waals surface area contributed by atoms with Gasteiger partial charge >= 0.3 is 5.97 Å². The van der Waals surface area contributed by atoms with Crippen molar-refractivity contribution in [2.24, 2.45) is 0 Å². The van der Waals surface area contributed by atoms with Crippen LogP contribution in [0.4, 0.5) is 8.78 Å². The summed E-state index contributed by atoms with van der Waals surface area (Å²) in [7, 11) is 0. The molecule has 0 fully saturated rings. The molecule has 0 aliphatic heterocycles. The van der Waals surface area contributed by atoms with Crippen LogP contribution in [0.1, 0.15) is 35.9 Å². The second-order valence-corrected chi connectivity index (χ2v) is 4.11. The first-order valence-corrected chi connectivity index (χ1v) is 6.58. The van der Waals surface area contributed by atoms with Crippen molar-refractivity contribution in [2.75, 3.05) is 6.61 Å². The van der Waals surface area contributed by atoms with E-state index in [9.17, 15) is 13.6 Å². The first-order chi connectivity index (χ1) is 9.03. The second kappa shape index (κ2) is 7.14. The fourth-order valence-corrected chi connectivity index (χ4v) is 1.82. The molecule has 0 aromatic carbocycles. The molecule has 0 N–H and O–H groups in total. The minimum atomic E-state index is -2.85. The summed E-state index contributed by atoms with van der Waals surface area (Å²) in [4.78, 5) is 15.2. The van der Waals surface area contributed by atoms with Gasteiger partial charge in [-0.1, -0.05) is 15.9 Å². The van der Waals surface area contributed by atoms with E-state index < -0.39 is 18.1 Å². The van der Waals surface area contributed by atoms with Crippen molar-refractivity contribution in [1.29, 1.82) is 5.26 Å². The highest BCUT2D eigenvalue weighted by Crippen LogP contribution is 2.25. The highest BCUT2D eigenvalue weighted by Gasteiger charge is 2.22. The number of carbonyl (C=O) groups is 1. The maximum atomic E-state index is 13.0. The molecule has 0 saturated carbocycles. The van der Waals surface area contributed by atoms with Gasteiger partial charge in [0, 0.05) is 10.9 Å². The number of pyridine rings is 1. The number of alkyl halides is 3. The monoisotopic (exact) mass is 332 g/mol. The average molecular weight is 333 g/mol. The molecule has 1 aromatic heterocycles. The Balaban J connectivity index is 3.26. The van der Waals surface area contributed by atoms with Crippen molar-refractivity contribution in [2.45, 2.75) is 25.1 Å². The van der Waals surface area contributed by atoms with Crippen molar-refractivity contribution in [3.63, 3.8) is 0 Å². The number of rotatable bonds is 5. The molecule has 19 heavy (non-hydrogen) atoms. The van der Waals surface area contributed by atoms with Crippen LogP contribution >= 0.6 is 15.9 Å². The van der Waals surface area contributed by atoms with Crippen LogP contribution in [0.2, 0.25) is 0 Å². The Kier molecular flexibility index (Phi) is 5.83. The van der Waals surface area contributed by atoms with Crippen LogP contribution < -0.4 is 0 Å². The van der Waals surface area contributed by atoms with E-state index in [1.807, 2.05) is 6.07 Å². The van der Waals surface area contributed by atoms with Gasteiger partial charge < -0.3 is 4.74 Å². The number of hydrogen-bond donors (Lipinski definition) is 0. The Bertz CT molecular complexity index is 515. The van der Waals surface area contributed by atoms with Gasteiger partial charge in [0.15, 0.2) is 0 Å². The minimum absolute atomic E-state index is 0.0211. The normalized spacial score (nSPS) is 10.3. The summed E-state index contributed by atoms with van der Waals surface area (Å²) >= 11 is 3.10. The van der Waals surface area contributed by atoms with Crippen molar-refractivity contribution in [3.8, 4) is 6.07 Å². The standard InChI is InChI=1S/C12H11BrF2N2O2/c1-2-19-10(18)4-9-7(6-16)3-8(5-13)17-11(9)12(14)15/h3,12H,2,4-5H2,1H3. The molecule has 102 valence electrons. The molecule has 0 unspecified atom stereocenters. The highest BCUT2D eigenvalue weighted by molar-refractivity contribution is 9.08. The van der Waals surface area contributed by atoms with Gasteiger partial charge in [-0.2, -0.15) is 5.26 Å². The van der Waals surface area contributed by atoms with E-state index in [0.29, 0.717) is 5.69 Å². The second-order valence-electron chi connectivity index (χ2n) is 3.55. The number of halogens is 3. The summed E-state index contributed by atoms with van der Waals surface area (Å²) < 4.78 is 30.6. The lowest BCUT2D eigenvalue weighted by atomic mass is 10.0. The molecule has 0 amide bonds. The van der Waals surface area contributed by atoms with E-state index in [-0.39, 0.29) is 29.5 Å².